The van der Waals surface area contributed by atoms with E-state index in [1.807, 2.05) is 20.2 Å². The SMILES string of the molecule is Cc1nn(C)cc1N[C@@H]1CCCC[C@H]1O. The normalized spacial score (nSPS) is 26.6. The summed E-state index contributed by atoms with van der Waals surface area (Å²) >= 11 is 0. The molecule has 1 saturated carbocycles. The number of rotatable bonds is 2. The van der Waals surface area contributed by atoms with Crippen molar-refractivity contribution in [2.24, 2.45) is 7.05 Å². The summed E-state index contributed by atoms with van der Waals surface area (Å²) in [6, 6.07) is 0.196. The molecule has 0 bridgehead atoms. The Balaban J connectivity index is 2.04. The predicted molar refractivity (Wildman–Crippen MR) is 59.8 cm³/mol. The van der Waals surface area contributed by atoms with E-state index >= 15 is 0 Å². The summed E-state index contributed by atoms with van der Waals surface area (Å²) in [6.45, 7) is 1.98. The molecule has 0 spiro atoms. The van der Waals surface area contributed by atoms with Gasteiger partial charge >= 0.3 is 0 Å². The number of aromatic nitrogens is 2. The average molecular weight is 209 g/mol. The van der Waals surface area contributed by atoms with Gasteiger partial charge < -0.3 is 10.4 Å². The molecular formula is C11H19N3O. The molecule has 0 saturated heterocycles. The van der Waals surface area contributed by atoms with Gasteiger partial charge in [-0.1, -0.05) is 12.8 Å². The van der Waals surface area contributed by atoms with Crippen molar-refractivity contribution in [3.05, 3.63) is 11.9 Å². The van der Waals surface area contributed by atoms with Crippen molar-refractivity contribution < 1.29 is 5.11 Å². The maximum Gasteiger partial charge on any atom is 0.0825 e. The van der Waals surface area contributed by atoms with Gasteiger partial charge in [0, 0.05) is 13.2 Å². The van der Waals surface area contributed by atoms with E-state index in [0.717, 1.165) is 30.6 Å². The highest BCUT2D eigenvalue weighted by atomic mass is 16.3. The molecule has 2 N–H and O–H groups in total. The summed E-state index contributed by atoms with van der Waals surface area (Å²) in [6.07, 6.45) is 6.07. The van der Waals surface area contributed by atoms with Crippen LogP contribution >= 0.6 is 0 Å². The van der Waals surface area contributed by atoms with Gasteiger partial charge in [-0.25, -0.2) is 0 Å². The van der Waals surface area contributed by atoms with Crippen LogP contribution in [-0.2, 0) is 7.05 Å². The van der Waals surface area contributed by atoms with Crippen molar-refractivity contribution in [1.82, 2.24) is 9.78 Å². The Kier molecular flexibility index (Phi) is 2.95. The van der Waals surface area contributed by atoms with E-state index in [1.165, 1.54) is 6.42 Å². The van der Waals surface area contributed by atoms with E-state index in [4.69, 9.17) is 0 Å². The first kappa shape index (κ1) is 10.5. The quantitative estimate of drug-likeness (QED) is 0.775. The summed E-state index contributed by atoms with van der Waals surface area (Å²) in [7, 11) is 1.91. The van der Waals surface area contributed by atoms with Crippen molar-refractivity contribution >= 4 is 5.69 Å². The van der Waals surface area contributed by atoms with Gasteiger partial charge in [-0.3, -0.25) is 4.68 Å². The van der Waals surface area contributed by atoms with Gasteiger partial charge in [0.05, 0.1) is 23.5 Å². The van der Waals surface area contributed by atoms with Gasteiger partial charge in [0.1, 0.15) is 0 Å². The minimum Gasteiger partial charge on any atom is -0.391 e. The number of nitrogens with zero attached hydrogens (tertiary/aromatic N) is 2. The molecule has 0 unspecified atom stereocenters. The van der Waals surface area contributed by atoms with Crippen molar-refractivity contribution in [2.75, 3.05) is 5.32 Å². The van der Waals surface area contributed by atoms with Crippen LogP contribution in [0.1, 0.15) is 31.4 Å². The number of anilines is 1. The lowest BCUT2D eigenvalue weighted by Gasteiger charge is -2.28. The lowest BCUT2D eigenvalue weighted by atomic mass is 9.92. The second kappa shape index (κ2) is 4.23. The van der Waals surface area contributed by atoms with Crippen molar-refractivity contribution in [2.45, 2.75) is 44.8 Å². The molecule has 1 aromatic heterocycles. The molecule has 1 aliphatic carbocycles. The number of aliphatic hydroxyl groups excluding tert-OH is 1. The minimum absolute atomic E-state index is 0.196. The number of hydrogen-bond acceptors (Lipinski definition) is 3. The van der Waals surface area contributed by atoms with Gasteiger partial charge in [-0.15, -0.1) is 0 Å². The molecule has 15 heavy (non-hydrogen) atoms. The standard InChI is InChI=1S/C11H19N3O/c1-8-10(7-14(2)13-8)12-9-5-3-4-6-11(9)15/h7,9,11-12,15H,3-6H2,1-2H3/t9-,11-/m1/s1. The van der Waals surface area contributed by atoms with E-state index in [1.54, 1.807) is 4.68 Å². The van der Waals surface area contributed by atoms with Gasteiger partial charge in [0.15, 0.2) is 0 Å². The Morgan fingerprint density at radius 3 is 2.80 bits per heavy atom. The zero-order valence-electron chi connectivity index (χ0n) is 9.40. The average Bonchev–Trinajstić information content (AvgIpc) is 2.49. The van der Waals surface area contributed by atoms with E-state index in [2.05, 4.69) is 10.4 Å². The van der Waals surface area contributed by atoms with Crippen molar-refractivity contribution in [1.29, 1.82) is 0 Å². The topological polar surface area (TPSA) is 50.1 Å². The largest absolute Gasteiger partial charge is 0.391 e. The molecule has 0 aromatic carbocycles. The summed E-state index contributed by atoms with van der Waals surface area (Å²) < 4.78 is 1.80. The third-order valence-corrected chi connectivity index (χ3v) is 3.08. The van der Waals surface area contributed by atoms with Crippen LogP contribution in [0.15, 0.2) is 6.20 Å². The van der Waals surface area contributed by atoms with Gasteiger partial charge in [0.25, 0.3) is 0 Å². The Labute approximate surface area is 90.3 Å². The summed E-state index contributed by atoms with van der Waals surface area (Å²) in [4.78, 5) is 0. The molecule has 1 fully saturated rings. The molecular weight excluding hydrogens is 190 g/mol. The number of aryl methyl sites for hydroxylation is 2. The first-order chi connectivity index (χ1) is 7.16. The molecule has 0 aliphatic heterocycles. The maximum absolute atomic E-state index is 9.84. The van der Waals surface area contributed by atoms with E-state index < -0.39 is 0 Å². The molecule has 84 valence electrons. The number of nitrogens with one attached hydrogen (secondary N) is 1. The lowest BCUT2D eigenvalue weighted by Crippen LogP contribution is -2.36. The summed E-state index contributed by atoms with van der Waals surface area (Å²) in [5, 5.41) is 17.5. The van der Waals surface area contributed by atoms with Crippen LogP contribution in [0.5, 0.6) is 0 Å². The predicted octanol–water partition coefficient (Wildman–Crippen LogP) is 1.44. The second-order valence-electron chi connectivity index (χ2n) is 4.40. The lowest BCUT2D eigenvalue weighted by molar-refractivity contribution is 0.116. The summed E-state index contributed by atoms with van der Waals surface area (Å²) in [5.41, 5.74) is 2.04. The number of aliphatic hydroxyl groups is 1. The van der Waals surface area contributed by atoms with Crippen LogP contribution < -0.4 is 5.32 Å². The Morgan fingerprint density at radius 2 is 2.20 bits per heavy atom. The highest BCUT2D eigenvalue weighted by Gasteiger charge is 2.23. The van der Waals surface area contributed by atoms with Crippen LogP contribution in [0, 0.1) is 6.92 Å². The smallest absolute Gasteiger partial charge is 0.0825 e. The Hall–Kier alpha value is -1.03. The molecule has 1 heterocycles. The minimum atomic E-state index is -0.210. The zero-order valence-corrected chi connectivity index (χ0v) is 9.40. The van der Waals surface area contributed by atoms with Crippen LogP contribution in [0.25, 0.3) is 0 Å². The van der Waals surface area contributed by atoms with E-state index in [-0.39, 0.29) is 12.1 Å². The Morgan fingerprint density at radius 1 is 1.47 bits per heavy atom. The fourth-order valence-electron chi connectivity index (χ4n) is 2.22. The molecule has 0 radical (unpaired) electrons. The molecule has 2 atom stereocenters. The molecule has 2 rings (SSSR count). The molecule has 1 aliphatic rings. The highest BCUT2D eigenvalue weighted by Crippen LogP contribution is 2.23. The Bertz CT molecular complexity index is 335. The van der Waals surface area contributed by atoms with Crippen molar-refractivity contribution in [3.63, 3.8) is 0 Å². The molecule has 4 heteroatoms. The molecule has 0 amide bonds. The zero-order chi connectivity index (χ0) is 10.8. The van der Waals surface area contributed by atoms with Gasteiger partial charge in [0.2, 0.25) is 0 Å². The monoisotopic (exact) mass is 209 g/mol. The van der Waals surface area contributed by atoms with Crippen LogP contribution in [0.2, 0.25) is 0 Å². The van der Waals surface area contributed by atoms with Gasteiger partial charge in [-0.2, -0.15) is 5.10 Å². The summed E-state index contributed by atoms with van der Waals surface area (Å²) in [5.74, 6) is 0. The third kappa shape index (κ3) is 2.31. The van der Waals surface area contributed by atoms with Crippen molar-refractivity contribution in [3.8, 4) is 0 Å². The highest BCUT2D eigenvalue weighted by molar-refractivity contribution is 5.46. The van der Waals surface area contributed by atoms with E-state index in [0.29, 0.717) is 0 Å². The third-order valence-electron chi connectivity index (χ3n) is 3.08. The van der Waals surface area contributed by atoms with E-state index in [9.17, 15) is 5.11 Å². The van der Waals surface area contributed by atoms with Gasteiger partial charge in [-0.05, 0) is 19.8 Å². The number of hydrogen-bond donors (Lipinski definition) is 2. The fourth-order valence-corrected chi connectivity index (χ4v) is 2.22. The maximum atomic E-state index is 9.84. The molecule has 1 aromatic rings. The fraction of sp³-hybridized carbons (Fsp3) is 0.727. The van der Waals surface area contributed by atoms with Crippen LogP contribution in [0.4, 0.5) is 5.69 Å². The second-order valence-corrected chi connectivity index (χ2v) is 4.40. The molecule has 4 nitrogen and oxygen atoms in total. The first-order valence-corrected chi connectivity index (χ1v) is 5.61. The first-order valence-electron chi connectivity index (χ1n) is 5.61. The van der Waals surface area contributed by atoms with Crippen LogP contribution in [0.3, 0.4) is 0 Å². The van der Waals surface area contributed by atoms with Crippen LogP contribution in [-0.4, -0.2) is 27.0 Å².